The van der Waals surface area contributed by atoms with Crippen LogP contribution in [0.4, 0.5) is 16.3 Å². The van der Waals surface area contributed by atoms with Crippen molar-refractivity contribution in [1.82, 2.24) is 15.2 Å². The molecule has 168 valence electrons. The van der Waals surface area contributed by atoms with E-state index in [-0.39, 0.29) is 17.9 Å². The topological polar surface area (TPSA) is 77.6 Å². The Balaban J connectivity index is 1.36. The number of aromatic nitrogens is 1. The number of benzene rings is 1. The Bertz CT molecular complexity index is 949. The molecule has 1 aromatic heterocycles. The van der Waals surface area contributed by atoms with Crippen molar-refractivity contribution < 1.29 is 9.59 Å². The van der Waals surface area contributed by atoms with Gasteiger partial charge in [0.2, 0.25) is 5.91 Å². The van der Waals surface area contributed by atoms with Gasteiger partial charge in [-0.2, -0.15) is 0 Å². The molecule has 1 aromatic carbocycles. The number of para-hydroxylation sites is 1. The lowest BCUT2D eigenvalue weighted by atomic mass is 9.74. The molecule has 2 aliphatic heterocycles. The summed E-state index contributed by atoms with van der Waals surface area (Å²) >= 11 is 0. The summed E-state index contributed by atoms with van der Waals surface area (Å²) in [5, 5.41) is 6.27. The molecular formula is C25H31N5O2. The Morgan fingerprint density at radius 1 is 1.06 bits per heavy atom. The fraction of sp³-hybridized carbons (Fsp3) is 0.480. The highest BCUT2D eigenvalue weighted by molar-refractivity contribution is 5.90. The van der Waals surface area contributed by atoms with Crippen LogP contribution < -0.4 is 15.5 Å². The first-order chi connectivity index (χ1) is 15.6. The molecule has 2 saturated heterocycles. The Morgan fingerprint density at radius 3 is 2.62 bits per heavy atom. The van der Waals surface area contributed by atoms with Gasteiger partial charge in [-0.25, -0.2) is 9.78 Å². The number of nitrogens with one attached hydrogen (secondary N) is 2. The predicted molar refractivity (Wildman–Crippen MR) is 124 cm³/mol. The van der Waals surface area contributed by atoms with Crippen LogP contribution in [0, 0.1) is 17.3 Å². The van der Waals surface area contributed by atoms with E-state index in [1.807, 2.05) is 53.4 Å². The average Bonchev–Trinajstić information content (AvgIpc) is 3.61. The number of pyridine rings is 1. The van der Waals surface area contributed by atoms with Crippen molar-refractivity contribution in [1.29, 1.82) is 0 Å². The number of anilines is 2. The van der Waals surface area contributed by atoms with Crippen LogP contribution in [0.3, 0.4) is 0 Å². The molecule has 32 heavy (non-hydrogen) atoms. The third-order valence-electron chi connectivity index (χ3n) is 7.17. The maximum absolute atomic E-state index is 13.6. The van der Waals surface area contributed by atoms with E-state index in [0.717, 1.165) is 37.4 Å². The summed E-state index contributed by atoms with van der Waals surface area (Å²) in [5.74, 6) is 1.75. The molecule has 2 N–H and O–H groups in total. The highest BCUT2D eigenvalue weighted by Gasteiger charge is 2.53. The van der Waals surface area contributed by atoms with Gasteiger partial charge in [0.15, 0.2) is 0 Å². The number of rotatable bonds is 5. The van der Waals surface area contributed by atoms with Crippen LogP contribution in [0.25, 0.3) is 0 Å². The molecule has 3 fully saturated rings. The fourth-order valence-corrected chi connectivity index (χ4v) is 5.16. The quantitative estimate of drug-likeness (QED) is 0.758. The molecule has 0 bridgehead atoms. The van der Waals surface area contributed by atoms with Crippen LogP contribution in [-0.4, -0.2) is 54.5 Å². The molecule has 1 saturated carbocycles. The molecule has 2 atom stereocenters. The number of urea groups is 1. The summed E-state index contributed by atoms with van der Waals surface area (Å²) in [6.45, 7) is 3.38. The van der Waals surface area contributed by atoms with Crippen molar-refractivity contribution in [3.05, 3.63) is 54.7 Å². The van der Waals surface area contributed by atoms with Crippen molar-refractivity contribution in [2.24, 2.45) is 17.3 Å². The van der Waals surface area contributed by atoms with Crippen LogP contribution in [0.5, 0.6) is 0 Å². The zero-order valence-electron chi connectivity index (χ0n) is 18.4. The van der Waals surface area contributed by atoms with E-state index in [0.29, 0.717) is 25.6 Å². The third-order valence-corrected chi connectivity index (χ3v) is 7.17. The van der Waals surface area contributed by atoms with E-state index < -0.39 is 5.41 Å². The maximum Gasteiger partial charge on any atom is 0.321 e. The molecule has 5 rings (SSSR count). The van der Waals surface area contributed by atoms with Gasteiger partial charge in [0.1, 0.15) is 5.82 Å². The Hall–Kier alpha value is -3.09. The lowest BCUT2D eigenvalue weighted by Crippen LogP contribution is -2.49. The Morgan fingerprint density at radius 2 is 1.88 bits per heavy atom. The van der Waals surface area contributed by atoms with Gasteiger partial charge in [-0.1, -0.05) is 24.3 Å². The summed E-state index contributed by atoms with van der Waals surface area (Å²) < 4.78 is 0. The van der Waals surface area contributed by atoms with E-state index in [1.165, 1.54) is 12.8 Å². The zero-order valence-corrected chi connectivity index (χ0v) is 18.4. The highest BCUT2D eigenvalue weighted by Crippen LogP contribution is 2.44. The molecule has 0 spiro atoms. The predicted octanol–water partition coefficient (Wildman–Crippen LogP) is 3.36. The number of hydrogen-bond acceptors (Lipinski definition) is 4. The van der Waals surface area contributed by atoms with E-state index in [2.05, 4.69) is 20.5 Å². The van der Waals surface area contributed by atoms with Gasteiger partial charge in [-0.05, 0) is 55.9 Å². The molecule has 2 aromatic rings. The van der Waals surface area contributed by atoms with Crippen LogP contribution in [-0.2, 0) is 4.79 Å². The van der Waals surface area contributed by atoms with Gasteiger partial charge < -0.3 is 20.4 Å². The maximum atomic E-state index is 13.6. The molecule has 0 unspecified atom stereocenters. The summed E-state index contributed by atoms with van der Waals surface area (Å²) in [7, 11) is 0. The number of carbonyl (C=O) groups is 2. The Labute approximate surface area is 189 Å². The van der Waals surface area contributed by atoms with Crippen molar-refractivity contribution >= 4 is 23.4 Å². The van der Waals surface area contributed by atoms with E-state index >= 15 is 0 Å². The summed E-state index contributed by atoms with van der Waals surface area (Å²) in [4.78, 5) is 35.2. The third kappa shape index (κ3) is 4.29. The van der Waals surface area contributed by atoms with Crippen molar-refractivity contribution in [3.8, 4) is 0 Å². The van der Waals surface area contributed by atoms with Gasteiger partial charge in [0.25, 0.3) is 0 Å². The lowest BCUT2D eigenvalue weighted by Gasteiger charge is -2.32. The van der Waals surface area contributed by atoms with E-state index in [9.17, 15) is 9.59 Å². The second kappa shape index (κ2) is 8.81. The first-order valence-corrected chi connectivity index (χ1v) is 11.7. The van der Waals surface area contributed by atoms with Crippen molar-refractivity contribution in [3.63, 3.8) is 0 Å². The molecular weight excluding hydrogens is 402 g/mol. The van der Waals surface area contributed by atoms with Gasteiger partial charge >= 0.3 is 6.03 Å². The minimum atomic E-state index is -0.492. The molecule has 7 heteroatoms. The number of carbonyl (C=O) groups excluding carboxylic acids is 2. The van der Waals surface area contributed by atoms with E-state index in [4.69, 9.17) is 0 Å². The summed E-state index contributed by atoms with van der Waals surface area (Å²) in [6, 6.07) is 15.3. The second-order valence-electron chi connectivity index (χ2n) is 9.42. The van der Waals surface area contributed by atoms with Crippen LogP contribution >= 0.6 is 0 Å². The lowest BCUT2D eigenvalue weighted by molar-refractivity contribution is -0.132. The van der Waals surface area contributed by atoms with E-state index in [1.54, 1.807) is 6.20 Å². The number of nitrogens with zero attached hydrogens (tertiary/aromatic N) is 3. The molecule has 7 nitrogen and oxygen atoms in total. The number of hydrogen-bond donors (Lipinski definition) is 2. The van der Waals surface area contributed by atoms with Gasteiger partial charge in [0.05, 0.1) is 5.41 Å². The van der Waals surface area contributed by atoms with Crippen molar-refractivity contribution in [2.75, 3.05) is 42.9 Å². The standard InChI is InChI=1S/C25H31N5O2/c31-23(27-15-19-10-11-19)25-12-6-14-29(24(32)28-21-7-2-1-3-8-21)16-20(25)17-30(18-25)22-9-4-5-13-26-22/h1-5,7-9,13,19-20H,6,10-12,14-18H2,(H,27,31)(H,28,32)/t20-,25-/m0/s1. The average molecular weight is 434 g/mol. The molecule has 1 aliphatic carbocycles. The van der Waals surface area contributed by atoms with Crippen molar-refractivity contribution in [2.45, 2.75) is 25.7 Å². The van der Waals surface area contributed by atoms with Crippen LogP contribution in [0.1, 0.15) is 25.7 Å². The van der Waals surface area contributed by atoms with Crippen LogP contribution in [0.15, 0.2) is 54.7 Å². The molecule has 0 radical (unpaired) electrons. The summed E-state index contributed by atoms with van der Waals surface area (Å²) in [6.07, 6.45) is 5.82. The molecule has 3 heterocycles. The fourth-order valence-electron chi connectivity index (χ4n) is 5.16. The normalized spacial score (nSPS) is 25.1. The van der Waals surface area contributed by atoms with Gasteiger partial charge in [-0.15, -0.1) is 0 Å². The monoisotopic (exact) mass is 433 g/mol. The smallest absolute Gasteiger partial charge is 0.321 e. The molecule has 3 amide bonds. The van der Waals surface area contributed by atoms with Crippen LogP contribution in [0.2, 0.25) is 0 Å². The second-order valence-corrected chi connectivity index (χ2v) is 9.42. The Kier molecular flexibility index (Phi) is 5.72. The number of fused-ring (bicyclic) bond motifs is 1. The van der Waals surface area contributed by atoms with Gasteiger partial charge in [0, 0.05) is 50.5 Å². The first-order valence-electron chi connectivity index (χ1n) is 11.7. The molecule has 3 aliphatic rings. The zero-order chi connectivity index (χ0) is 22.0. The van der Waals surface area contributed by atoms with Gasteiger partial charge in [-0.3, -0.25) is 4.79 Å². The first kappa shape index (κ1) is 20.8. The largest absolute Gasteiger partial charge is 0.355 e. The minimum absolute atomic E-state index is 0.0627. The number of likely N-dealkylation sites (tertiary alicyclic amines) is 1. The highest BCUT2D eigenvalue weighted by atomic mass is 16.2. The SMILES string of the molecule is O=C(Nc1ccccc1)N1CCC[C@]2(C(=O)NCC3CC3)CN(c3ccccn3)C[C@@H]2C1. The number of amides is 3. The minimum Gasteiger partial charge on any atom is -0.355 e. The summed E-state index contributed by atoms with van der Waals surface area (Å²) in [5.41, 5.74) is 0.297.